The fraction of sp³-hybridized carbons (Fsp3) is 0.304. The molecule has 0 bridgehead atoms. The van der Waals surface area contributed by atoms with E-state index in [-0.39, 0.29) is 0 Å². The standard InChI is InChI=1S/C23H26N4O/c1-16(28)19-8-9-21-15-27(11-10-20(21)12-19)23-13-22(25-17(2)26-23)24-14-18-6-4-3-5-7-18/h3-9,12-13,16,28H,10-11,14-15H2,1-2H3,(H,24,25,26)/t16-/m0/s1. The van der Waals surface area contributed by atoms with Crippen LogP contribution in [0.15, 0.2) is 54.6 Å². The second-order valence-corrected chi connectivity index (χ2v) is 7.37. The summed E-state index contributed by atoms with van der Waals surface area (Å²) in [6.07, 6.45) is 0.525. The molecule has 5 nitrogen and oxygen atoms in total. The molecule has 3 aromatic rings. The van der Waals surface area contributed by atoms with Gasteiger partial charge in [0.05, 0.1) is 6.10 Å². The van der Waals surface area contributed by atoms with E-state index in [1.807, 2.05) is 44.2 Å². The van der Waals surface area contributed by atoms with E-state index in [0.717, 1.165) is 49.1 Å². The summed E-state index contributed by atoms with van der Waals surface area (Å²) < 4.78 is 0. The van der Waals surface area contributed by atoms with Crippen LogP contribution in [0.4, 0.5) is 11.6 Å². The molecule has 0 spiro atoms. The van der Waals surface area contributed by atoms with Gasteiger partial charge in [-0.2, -0.15) is 0 Å². The molecule has 144 valence electrons. The van der Waals surface area contributed by atoms with Crippen molar-refractivity contribution in [2.75, 3.05) is 16.8 Å². The summed E-state index contributed by atoms with van der Waals surface area (Å²) >= 11 is 0. The number of rotatable bonds is 5. The molecule has 4 rings (SSSR count). The quantitative estimate of drug-likeness (QED) is 0.706. The molecule has 0 saturated carbocycles. The topological polar surface area (TPSA) is 61.3 Å². The molecule has 2 heterocycles. The molecule has 1 atom stereocenters. The van der Waals surface area contributed by atoms with Crippen molar-refractivity contribution >= 4 is 11.6 Å². The van der Waals surface area contributed by atoms with Gasteiger partial charge < -0.3 is 15.3 Å². The van der Waals surface area contributed by atoms with Crippen LogP contribution in [-0.2, 0) is 19.5 Å². The summed E-state index contributed by atoms with van der Waals surface area (Å²) in [5.74, 6) is 2.57. The number of nitrogens with zero attached hydrogens (tertiary/aromatic N) is 3. The molecule has 0 radical (unpaired) electrons. The minimum Gasteiger partial charge on any atom is -0.389 e. The Hall–Kier alpha value is -2.92. The molecule has 0 unspecified atom stereocenters. The monoisotopic (exact) mass is 374 g/mol. The highest BCUT2D eigenvalue weighted by Crippen LogP contribution is 2.27. The number of aliphatic hydroxyl groups excluding tert-OH is 1. The minimum absolute atomic E-state index is 0.425. The van der Waals surface area contributed by atoms with Crippen molar-refractivity contribution in [3.8, 4) is 0 Å². The third-order valence-electron chi connectivity index (χ3n) is 5.19. The van der Waals surface area contributed by atoms with Crippen molar-refractivity contribution in [2.24, 2.45) is 0 Å². The maximum atomic E-state index is 9.81. The highest BCUT2D eigenvalue weighted by molar-refractivity contribution is 5.52. The van der Waals surface area contributed by atoms with Crippen LogP contribution in [0.3, 0.4) is 0 Å². The Morgan fingerprint density at radius 3 is 2.68 bits per heavy atom. The van der Waals surface area contributed by atoms with Crippen LogP contribution < -0.4 is 10.2 Å². The van der Waals surface area contributed by atoms with Crippen molar-refractivity contribution in [1.29, 1.82) is 0 Å². The minimum atomic E-state index is -0.425. The van der Waals surface area contributed by atoms with Crippen LogP contribution >= 0.6 is 0 Å². The number of fused-ring (bicyclic) bond motifs is 1. The Kier molecular flexibility index (Phi) is 5.26. The summed E-state index contributed by atoms with van der Waals surface area (Å²) in [5.41, 5.74) is 4.83. The van der Waals surface area contributed by atoms with E-state index in [1.165, 1.54) is 16.7 Å². The van der Waals surface area contributed by atoms with E-state index >= 15 is 0 Å². The van der Waals surface area contributed by atoms with E-state index in [4.69, 9.17) is 0 Å². The maximum absolute atomic E-state index is 9.81. The van der Waals surface area contributed by atoms with Gasteiger partial charge in [0.1, 0.15) is 17.5 Å². The first-order chi connectivity index (χ1) is 13.6. The zero-order valence-corrected chi connectivity index (χ0v) is 16.4. The van der Waals surface area contributed by atoms with Crippen molar-refractivity contribution in [2.45, 2.75) is 39.5 Å². The molecule has 1 aliphatic heterocycles. The molecule has 0 amide bonds. The Bertz CT molecular complexity index is 956. The zero-order valence-electron chi connectivity index (χ0n) is 16.4. The Morgan fingerprint density at radius 1 is 1.07 bits per heavy atom. The third-order valence-corrected chi connectivity index (χ3v) is 5.19. The number of benzene rings is 2. The Morgan fingerprint density at radius 2 is 1.89 bits per heavy atom. The number of aromatic nitrogens is 2. The van der Waals surface area contributed by atoms with Gasteiger partial charge in [0.25, 0.3) is 0 Å². The summed E-state index contributed by atoms with van der Waals surface area (Å²) in [7, 11) is 0. The molecule has 2 aromatic carbocycles. The van der Waals surface area contributed by atoms with Gasteiger partial charge in [-0.3, -0.25) is 0 Å². The molecular formula is C23H26N4O. The molecule has 1 aromatic heterocycles. The van der Waals surface area contributed by atoms with Gasteiger partial charge in [-0.15, -0.1) is 0 Å². The highest BCUT2D eigenvalue weighted by Gasteiger charge is 2.19. The van der Waals surface area contributed by atoms with Gasteiger partial charge >= 0.3 is 0 Å². The summed E-state index contributed by atoms with van der Waals surface area (Å²) in [5, 5.41) is 13.2. The predicted octanol–water partition coefficient (Wildman–Crippen LogP) is 4.01. The second-order valence-electron chi connectivity index (χ2n) is 7.37. The van der Waals surface area contributed by atoms with E-state index in [1.54, 1.807) is 0 Å². The first-order valence-corrected chi connectivity index (χ1v) is 9.76. The third kappa shape index (κ3) is 4.15. The number of hydrogen-bond donors (Lipinski definition) is 2. The lowest BCUT2D eigenvalue weighted by Gasteiger charge is -2.30. The molecule has 2 N–H and O–H groups in total. The molecular weight excluding hydrogens is 348 g/mol. The van der Waals surface area contributed by atoms with Gasteiger partial charge in [0.2, 0.25) is 0 Å². The van der Waals surface area contributed by atoms with Crippen LogP contribution in [0.25, 0.3) is 0 Å². The van der Waals surface area contributed by atoms with Crippen molar-refractivity contribution in [3.63, 3.8) is 0 Å². The number of nitrogens with one attached hydrogen (secondary N) is 1. The fourth-order valence-corrected chi connectivity index (χ4v) is 3.62. The lowest BCUT2D eigenvalue weighted by atomic mass is 9.96. The number of anilines is 2. The van der Waals surface area contributed by atoms with Crippen LogP contribution in [-0.4, -0.2) is 21.6 Å². The number of aryl methyl sites for hydroxylation is 1. The van der Waals surface area contributed by atoms with Crippen molar-refractivity contribution in [1.82, 2.24) is 9.97 Å². The van der Waals surface area contributed by atoms with Crippen LogP contribution in [0.2, 0.25) is 0 Å². The predicted molar refractivity (Wildman–Crippen MR) is 112 cm³/mol. The van der Waals surface area contributed by atoms with Gasteiger partial charge in [0, 0.05) is 25.7 Å². The molecule has 0 aliphatic carbocycles. The fourth-order valence-electron chi connectivity index (χ4n) is 3.62. The van der Waals surface area contributed by atoms with Gasteiger partial charge in [-0.05, 0) is 42.5 Å². The number of aliphatic hydroxyl groups is 1. The smallest absolute Gasteiger partial charge is 0.134 e. The van der Waals surface area contributed by atoms with Crippen LogP contribution in [0.1, 0.15) is 41.1 Å². The van der Waals surface area contributed by atoms with Gasteiger partial charge in [0.15, 0.2) is 0 Å². The molecule has 28 heavy (non-hydrogen) atoms. The normalized spacial score (nSPS) is 14.5. The Labute approximate surface area is 166 Å². The maximum Gasteiger partial charge on any atom is 0.134 e. The Balaban J connectivity index is 1.50. The first kappa shape index (κ1) is 18.4. The van der Waals surface area contributed by atoms with E-state index in [2.05, 4.69) is 44.5 Å². The second kappa shape index (κ2) is 7.98. The summed E-state index contributed by atoms with van der Waals surface area (Å²) in [6, 6.07) is 18.6. The van der Waals surface area contributed by atoms with Crippen molar-refractivity contribution in [3.05, 3.63) is 82.7 Å². The summed E-state index contributed by atoms with van der Waals surface area (Å²) in [4.78, 5) is 11.5. The molecule has 0 fully saturated rings. The first-order valence-electron chi connectivity index (χ1n) is 9.76. The average Bonchev–Trinajstić information content (AvgIpc) is 2.72. The van der Waals surface area contributed by atoms with Gasteiger partial charge in [-0.1, -0.05) is 48.5 Å². The van der Waals surface area contributed by atoms with Crippen LogP contribution in [0, 0.1) is 6.92 Å². The average molecular weight is 374 g/mol. The molecule has 1 aliphatic rings. The van der Waals surface area contributed by atoms with E-state index in [9.17, 15) is 5.11 Å². The molecule has 0 saturated heterocycles. The van der Waals surface area contributed by atoms with Crippen LogP contribution in [0.5, 0.6) is 0 Å². The lowest BCUT2D eigenvalue weighted by Crippen LogP contribution is -2.31. The highest BCUT2D eigenvalue weighted by atomic mass is 16.3. The van der Waals surface area contributed by atoms with Crippen molar-refractivity contribution < 1.29 is 5.11 Å². The lowest BCUT2D eigenvalue weighted by molar-refractivity contribution is 0.199. The molecule has 5 heteroatoms. The van der Waals surface area contributed by atoms with E-state index in [0.29, 0.717) is 0 Å². The largest absolute Gasteiger partial charge is 0.389 e. The van der Waals surface area contributed by atoms with Gasteiger partial charge in [-0.25, -0.2) is 9.97 Å². The SMILES string of the molecule is Cc1nc(NCc2ccccc2)cc(N2CCc3cc([C@H](C)O)ccc3C2)n1. The summed E-state index contributed by atoms with van der Waals surface area (Å²) in [6.45, 7) is 6.21. The number of hydrogen-bond acceptors (Lipinski definition) is 5. The van der Waals surface area contributed by atoms with E-state index < -0.39 is 6.10 Å². The zero-order chi connectivity index (χ0) is 19.5.